The second kappa shape index (κ2) is 14.5. The zero-order valence-electron chi connectivity index (χ0n) is 23.6. The second-order valence-electron chi connectivity index (χ2n) is 9.40. The van der Waals surface area contributed by atoms with E-state index in [2.05, 4.69) is 10.5 Å². The summed E-state index contributed by atoms with van der Waals surface area (Å²) < 4.78 is 44.4. The van der Waals surface area contributed by atoms with Gasteiger partial charge in [0.05, 0.1) is 36.6 Å². The van der Waals surface area contributed by atoms with E-state index in [9.17, 15) is 18.0 Å². The molecule has 0 unspecified atom stereocenters. The number of hydrogen-bond donors (Lipinski definition) is 1. The highest BCUT2D eigenvalue weighted by Gasteiger charge is 2.27. The van der Waals surface area contributed by atoms with E-state index in [1.54, 1.807) is 65.6 Å². The van der Waals surface area contributed by atoms with Crippen molar-refractivity contribution in [2.45, 2.75) is 18.7 Å². The highest BCUT2D eigenvalue weighted by molar-refractivity contribution is 7.92. The second-order valence-corrected chi connectivity index (χ2v) is 11.3. The van der Waals surface area contributed by atoms with Crippen molar-refractivity contribution >= 4 is 33.7 Å². The van der Waals surface area contributed by atoms with Crippen molar-refractivity contribution in [3.63, 3.8) is 0 Å². The lowest BCUT2D eigenvalue weighted by atomic mass is 10.2. The monoisotopic (exact) mass is 594 g/mol. The van der Waals surface area contributed by atoms with Crippen LogP contribution in [0.4, 0.5) is 5.69 Å². The lowest BCUT2D eigenvalue weighted by Gasteiger charge is -2.26. The van der Waals surface area contributed by atoms with Crippen molar-refractivity contribution in [1.82, 2.24) is 10.3 Å². The summed E-state index contributed by atoms with van der Waals surface area (Å²) >= 11 is 0. The van der Waals surface area contributed by atoms with Gasteiger partial charge in [-0.1, -0.05) is 17.7 Å². The lowest BCUT2D eigenvalue weighted by molar-refractivity contribution is -0.137. The molecule has 2 amide bonds. The van der Waals surface area contributed by atoms with Gasteiger partial charge in [0.15, 0.2) is 6.61 Å². The van der Waals surface area contributed by atoms with Crippen molar-refractivity contribution in [2.24, 2.45) is 5.10 Å². The molecule has 1 aliphatic rings. The fourth-order valence-electron chi connectivity index (χ4n) is 4.07. The predicted molar refractivity (Wildman–Crippen MR) is 158 cm³/mol. The topological polar surface area (TPSA) is 127 Å². The van der Waals surface area contributed by atoms with Crippen molar-refractivity contribution in [3.8, 4) is 11.5 Å². The lowest BCUT2D eigenvalue weighted by Crippen LogP contribution is -2.42. The number of hydrazone groups is 1. The number of carbonyl (C=O) groups is 2. The largest absolute Gasteiger partial charge is 0.494 e. The highest BCUT2D eigenvalue weighted by Crippen LogP contribution is 2.26. The first-order valence-electron chi connectivity index (χ1n) is 13.5. The average molecular weight is 595 g/mol. The summed E-state index contributed by atoms with van der Waals surface area (Å²) in [6, 6.07) is 19.7. The van der Waals surface area contributed by atoms with Gasteiger partial charge < -0.3 is 19.1 Å². The SMILES string of the molecule is CCOc1ccc(N(CC(=O)N/N=C\c2ccc(OCC(=O)N3CCOCC3)cc2)S(=O)(=O)c2ccc(C)cc2)cc1. The molecule has 1 fully saturated rings. The minimum absolute atomic E-state index is 0.0623. The Hall–Kier alpha value is -4.42. The Bertz CT molecular complexity index is 1470. The minimum Gasteiger partial charge on any atom is -0.494 e. The van der Waals surface area contributed by atoms with Crippen LogP contribution in [-0.2, 0) is 24.3 Å². The van der Waals surface area contributed by atoms with Gasteiger partial charge >= 0.3 is 0 Å². The van der Waals surface area contributed by atoms with Crippen molar-refractivity contribution in [2.75, 3.05) is 50.4 Å². The molecule has 1 heterocycles. The molecule has 0 aromatic heterocycles. The first kappa shape index (κ1) is 30.5. The molecule has 0 radical (unpaired) electrons. The Balaban J connectivity index is 1.38. The fraction of sp³-hybridized carbons (Fsp3) is 0.300. The predicted octanol–water partition coefficient (Wildman–Crippen LogP) is 2.98. The van der Waals surface area contributed by atoms with E-state index in [0.717, 1.165) is 9.87 Å². The van der Waals surface area contributed by atoms with Crippen LogP contribution in [0.1, 0.15) is 18.1 Å². The Labute approximate surface area is 245 Å². The first-order valence-corrected chi connectivity index (χ1v) is 14.9. The molecule has 1 saturated heterocycles. The number of benzene rings is 3. The number of carbonyl (C=O) groups excluding carboxylic acids is 2. The van der Waals surface area contributed by atoms with Gasteiger partial charge in [0.2, 0.25) is 0 Å². The van der Waals surface area contributed by atoms with Crippen LogP contribution in [0.15, 0.2) is 82.8 Å². The highest BCUT2D eigenvalue weighted by atomic mass is 32.2. The van der Waals surface area contributed by atoms with Gasteiger partial charge in [0, 0.05) is 13.1 Å². The van der Waals surface area contributed by atoms with Crippen molar-refractivity contribution in [1.29, 1.82) is 0 Å². The Morgan fingerprint density at radius 3 is 2.21 bits per heavy atom. The third-order valence-electron chi connectivity index (χ3n) is 6.34. The third kappa shape index (κ3) is 8.30. The van der Waals surface area contributed by atoms with Crippen LogP contribution in [0, 0.1) is 6.92 Å². The molecule has 0 bridgehead atoms. The quantitative estimate of drug-likeness (QED) is 0.252. The number of nitrogens with zero attached hydrogens (tertiary/aromatic N) is 3. The number of amides is 2. The number of rotatable bonds is 12. The van der Waals surface area contributed by atoms with Crippen LogP contribution in [0.5, 0.6) is 11.5 Å². The van der Waals surface area contributed by atoms with Gasteiger partial charge in [-0.2, -0.15) is 5.10 Å². The molecule has 11 nitrogen and oxygen atoms in total. The Morgan fingerprint density at radius 2 is 1.57 bits per heavy atom. The zero-order valence-corrected chi connectivity index (χ0v) is 24.4. The molecular weight excluding hydrogens is 560 g/mol. The van der Waals surface area contributed by atoms with E-state index in [1.807, 2.05) is 13.8 Å². The van der Waals surface area contributed by atoms with Crippen LogP contribution in [0.25, 0.3) is 0 Å². The van der Waals surface area contributed by atoms with E-state index in [1.165, 1.54) is 18.3 Å². The van der Waals surface area contributed by atoms with Crippen LogP contribution < -0.4 is 19.2 Å². The van der Waals surface area contributed by atoms with Crippen LogP contribution in [-0.4, -0.2) is 77.4 Å². The summed E-state index contributed by atoms with van der Waals surface area (Å²) in [5.41, 5.74) is 4.28. The van der Waals surface area contributed by atoms with Crippen molar-refractivity contribution in [3.05, 3.63) is 83.9 Å². The summed E-state index contributed by atoms with van der Waals surface area (Å²) in [6.45, 7) is 5.78. The summed E-state index contributed by atoms with van der Waals surface area (Å²) in [6.07, 6.45) is 1.43. The maximum absolute atomic E-state index is 13.5. The number of aryl methyl sites for hydroxylation is 1. The molecule has 0 spiro atoms. The molecule has 1 aliphatic heterocycles. The number of hydrogen-bond acceptors (Lipinski definition) is 8. The molecular formula is C30H34N4O7S. The van der Waals surface area contributed by atoms with E-state index in [-0.39, 0.29) is 17.4 Å². The van der Waals surface area contributed by atoms with Gasteiger partial charge in [0.1, 0.15) is 18.0 Å². The van der Waals surface area contributed by atoms with Gasteiger partial charge in [-0.25, -0.2) is 13.8 Å². The molecule has 0 atom stereocenters. The molecule has 42 heavy (non-hydrogen) atoms. The summed E-state index contributed by atoms with van der Waals surface area (Å²) in [7, 11) is -4.06. The number of anilines is 1. The van der Waals surface area contributed by atoms with E-state index in [4.69, 9.17) is 14.2 Å². The Morgan fingerprint density at radius 1 is 0.952 bits per heavy atom. The van der Waals surface area contributed by atoms with Crippen molar-refractivity contribution < 1.29 is 32.2 Å². The Kier molecular flexibility index (Phi) is 10.5. The van der Waals surface area contributed by atoms with E-state index < -0.39 is 22.5 Å². The van der Waals surface area contributed by atoms with Gasteiger partial charge in [-0.3, -0.25) is 13.9 Å². The number of ether oxygens (including phenoxy) is 3. The third-order valence-corrected chi connectivity index (χ3v) is 8.13. The molecule has 12 heteroatoms. The average Bonchev–Trinajstić information content (AvgIpc) is 3.00. The van der Waals surface area contributed by atoms with Gasteiger partial charge in [-0.05, 0) is 80.1 Å². The summed E-state index contributed by atoms with van der Waals surface area (Å²) in [5, 5.41) is 3.98. The molecule has 0 saturated carbocycles. The van der Waals surface area contributed by atoms with Crippen LogP contribution in [0.2, 0.25) is 0 Å². The molecule has 3 aromatic carbocycles. The van der Waals surface area contributed by atoms with E-state index in [0.29, 0.717) is 55.7 Å². The molecule has 222 valence electrons. The summed E-state index contributed by atoms with van der Waals surface area (Å²) in [4.78, 5) is 26.8. The van der Waals surface area contributed by atoms with Gasteiger partial charge in [0.25, 0.3) is 21.8 Å². The summed E-state index contributed by atoms with van der Waals surface area (Å²) in [5.74, 6) is 0.376. The van der Waals surface area contributed by atoms with Crippen LogP contribution >= 0.6 is 0 Å². The maximum atomic E-state index is 13.5. The first-order chi connectivity index (χ1) is 20.3. The van der Waals surface area contributed by atoms with Gasteiger partial charge in [-0.15, -0.1) is 0 Å². The number of nitrogens with one attached hydrogen (secondary N) is 1. The number of morpholine rings is 1. The standard InChI is InChI=1S/C30H34N4O7S/c1-3-40-26-12-8-25(9-13-26)34(42(37,38)28-14-4-23(2)5-15-28)21-29(35)32-31-20-24-6-10-27(11-7-24)41-22-30(36)33-16-18-39-19-17-33/h4-15,20H,3,16-19,21-22H2,1-2H3,(H,32,35)/b31-20-. The normalized spacial score (nSPS) is 13.5. The molecule has 0 aliphatic carbocycles. The van der Waals surface area contributed by atoms with Crippen LogP contribution in [0.3, 0.4) is 0 Å². The molecule has 4 rings (SSSR count). The zero-order chi connectivity index (χ0) is 30.0. The minimum atomic E-state index is -4.06. The maximum Gasteiger partial charge on any atom is 0.264 e. The fourth-order valence-corrected chi connectivity index (χ4v) is 5.49. The van der Waals surface area contributed by atoms with E-state index >= 15 is 0 Å². The smallest absolute Gasteiger partial charge is 0.264 e. The number of sulfonamides is 1. The molecule has 3 aromatic rings. The molecule has 1 N–H and O–H groups in total.